The molecule has 0 aliphatic carbocycles. The Morgan fingerprint density at radius 2 is 1.81 bits per heavy atom. The average molecular weight is 486 g/mol. The maximum atomic E-state index is 13.4. The number of amides is 1. The van der Waals surface area contributed by atoms with E-state index in [2.05, 4.69) is 15.5 Å². The molecule has 5 rings (SSSR count). The maximum Gasteiger partial charge on any atom is 0.263 e. The zero-order valence-corrected chi connectivity index (χ0v) is 19.6. The van der Waals surface area contributed by atoms with Crippen LogP contribution in [-0.4, -0.2) is 32.2 Å². The number of ether oxygens (including phenoxy) is 1. The molecule has 0 saturated heterocycles. The molecule has 0 fully saturated rings. The lowest BCUT2D eigenvalue weighted by Crippen LogP contribution is -2.25. The van der Waals surface area contributed by atoms with Crippen LogP contribution in [0.1, 0.15) is 23.4 Å². The van der Waals surface area contributed by atoms with E-state index in [1.165, 1.54) is 16.7 Å². The van der Waals surface area contributed by atoms with Crippen molar-refractivity contribution in [2.45, 2.75) is 25.9 Å². The van der Waals surface area contributed by atoms with Crippen molar-refractivity contribution in [2.24, 2.45) is 0 Å². The van der Waals surface area contributed by atoms with E-state index >= 15 is 0 Å². The monoisotopic (exact) mass is 485 g/mol. The van der Waals surface area contributed by atoms with Gasteiger partial charge in [0, 0.05) is 19.4 Å². The number of carbonyl (C=O) groups is 1. The summed E-state index contributed by atoms with van der Waals surface area (Å²) in [7, 11) is 1.60. The summed E-state index contributed by atoms with van der Waals surface area (Å²) in [5, 5.41) is 12.0. The highest BCUT2D eigenvalue weighted by atomic mass is 19.1. The molecule has 1 N–H and O–H groups in total. The summed E-state index contributed by atoms with van der Waals surface area (Å²) in [4.78, 5) is 25.9. The van der Waals surface area contributed by atoms with Crippen molar-refractivity contribution >= 4 is 22.6 Å². The van der Waals surface area contributed by atoms with Gasteiger partial charge in [-0.15, -0.1) is 10.2 Å². The molecule has 182 valence electrons. The molecule has 0 saturated carbocycles. The number of nitrogens with zero attached hydrogens (tertiary/aromatic N) is 4. The van der Waals surface area contributed by atoms with Crippen molar-refractivity contribution < 1.29 is 13.9 Å². The van der Waals surface area contributed by atoms with Gasteiger partial charge < -0.3 is 10.1 Å². The molecule has 3 aromatic carbocycles. The van der Waals surface area contributed by atoms with Crippen LogP contribution in [0.2, 0.25) is 0 Å². The summed E-state index contributed by atoms with van der Waals surface area (Å²) in [5.74, 6) is 1.21. The number of carbonyl (C=O) groups excluding carboxylic acids is 1. The third-order valence-electron chi connectivity index (χ3n) is 6.03. The first-order valence-electron chi connectivity index (χ1n) is 11.5. The van der Waals surface area contributed by atoms with Crippen molar-refractivity contribution in [1.29, 1.82) is 0 Å². The van der Waals surface area contributed by atoms with Gasteiger partial charge in [-0.25, -0.2) is 4.39 Å². The molecule has 5 aromatic rings. The zero-order chi connectivity index (χ0) is 25.1. The predicted molar refractivity (Wildman–Crippen MR) is 133 cm³/mol. The lowest BCUT2D eigenvalue weighted by atomic mass is 10.2. The van der Waals surface area contributed by atoms with E-state index in [1.54, 1.807) is 31.4 Å². The van der Waals surface area contributed by atoms with Crippen molar-refractivity contribution in [3.8, 4) is 5.75 Å². The molecule has 9 heteroatoms. The first kappa shape index (κ1) is 23.2. The minimum Gasteiger partial charge on any atom is -0.497 e. The highest BCUT2D eigenvalue weighted by Crippen LogP contribution is 2.17. The Labute approximate surface area is 206 Å². The normalized spacial score (nSPS) is 11.2. The number of benzene rings is 3. The van der Waals surface area contributed by atoms with Gasteiger partial charge in [-0.05, 0) is 47.5 Å². The molecular formula is C27H24FN5O3. The minimum absolute atomic E-state index is 0.126. The highest BCUT2D eigenvalue weighted by Gasteiger charge is 2.17. The smallest absolute Gasteiger partial charge is 0.263 e. The fourth-order valence-electron chi connectivity index (χ4n) is 4.19. The van der Waals surface area contributed by atoms with Crippen LogP contribution in [0, 0.1) is 5.82 Å². The number of para-hydroxylation sites is 1. The molecule has 0 aliphatic heterocycles. The van der Waals surface area contributed by atoms with E-state index in [1.807, 2.05) is 40.8 Å². The Morgan fingerprint density at radius 1 is 1.00 bits per heavy atom. The standard InChI is InChI=1S/C27H24FN5O3/c1-36-21-6-4-5-19(15-21)16-29-25(34)14-13-24-30-31-27-32(17-18-9-11-20(28)12-10-18)26(35)22-7-2-3-8-23(22)33(24)27/h2-12,15H,13-14,16-17H2,1H3,(H,29,34). The molecule has 8 nitrogen and oxygen atoms in total. The summed E-state index contributed by atoms with van der Waals surface area (Å²) < 4.78 is 21.9. The molecule has 0 spiro atoms. The summed E-state index contributed by atoms with van der Waals surface area (Å²) >= 11 is 0. The average Bonchev–Trinajstić information content (AvgIpc) is 3.34. The van der Waals surface area contributed by atoms with Gasteiger partial charge in [-0.1, -0.05) is 36.4 Å². The van der Waals surface area contributed by atoms with E-state index in [0.717, 1.165) is 16.9 Å². The number of hydrogen-bond donors (Lipinski definition) is 1. The number of nitrogens with one attached hydrogen (secondary N) is 1. The quantitative estimate of drug-likeness (QED) is 0.363. The third kappa shape index (κ3) is 4.68. The Kier molecular flexibility index (Phi) is 6.44. The highest BCUT2D eigenvalue weighted by molar-refractivity contribution is 5.80. The van der Waals surface area contributed by atoms with E-state index in [0.29, 0.717) is 35.5 Å². The summed E-state index contributed by atoms with van der Waals surface area (Å²) in [6, 6.07) is 20.7. The Morgan fingerprint density at radius 3 is 2.61 bits per heavy atom. The number of aryl methyl sites for hydroxylation is 1. The van der Waals surface area contributed by atoms with Gasteiger partial charge in [0.2, 0.25) is 11.7 Å². The van der Waals surface area contributed by atoms with Crippen molar-refractivity contribution in [1.82, 2.24) is 24.5 Å². The number of halogens is 1. The lowest BCUT2D eigenvalue weighted by Gasteiger charge is -2.12. The SMILES string of the molecule is COc1cccc(CNC(=O)CCc2nnc3n(Cc4ccc(F)cc4)c(=O)c4ccccc4n23)c1. The molecule has 0 radical (unpaired) electrons. The summed E-state index contributed by atoms with van der Waals surface area (Å²) in [5.41, 5.74) is 2.16. The van der Waals surface area contributed by atoms with E-state index in [9.17, 15) is 14.0 Å². The van der Waals surface area contributed by atoms with Gasteiger partial charge in [-0.2, -0.15) is 0 Å². The van der Waals surface area contributed by atoms with Crippen molar-refractivity contribution in [3.63, 3.8) is 0 Å². The molecule has 0 unspecified atom stereocenters. The van der Waals surface area contributed by atoms with E-state index in [-0.39, 0.29) is 30.2 Å². The second-order valence-electron chi connectivity index (χ2n) is 8.41. The Balaban J connectivity index is 1.41. The van der Waals surface area contributed by atoms with Crippen LogP contribution in [0.3, 0.4) is 0 Å². The maximum absolute atomic E-state index is 13.4. The molecular weight excluding hydrogens is 461 g/mol. The van der Waals surface area contributed by atoms with Gasteiger partial charge in [0.15, 0.2) is 0 Å². The molecule has 2 aromatic heterocycles. The summed E-state index contributed by atoms with van der Waals surface area (Å²) in [6.07, 6.45) is 0.542. The topological polar surface area (TPSA) is 90.5 Å². The third-order valence-corrected chi connectivity index (χ3v) is 6.03. The number of methoxy groups -OCH3 is 1. The van der Waals surface area contributed by atoms with Gasteiger partial charge >= 0.3 is 0 Å². The number of hydrogen-bond acceptors (Lipinski definition) is 5. The van der Waals surface area contributed by atoms with Crippen LogP contribution in [0.4, 0.5) is 4.39 Å². The van der Waals surface area contributed by atoms with Crippen LogP contribution in [0.25, 0.3) is 16.7 Å². The zero-order valence-electron chi connectivity index (χ0n) is 19.6. The molecule has 36 heavy (non-hydrogen) atoms. The van der Waals surface area contributed by atoms with Crippen LogP contribution in [-0.2, 0) is 24.3 Å². The number of aromatic nitrogens is 4. The molecule has 0 aliphatic rings. The molecule has 1 amide bonds. The first-order chi connectivity index (χ1) is 17.5. The fourth-order valence-corrected chi connectivity index (χ4v) is 4.19. The fraction of sp³-hybridized carbons (Fsp3) is 0.185. The Hall–Kier alpha value is -4.53. The van der Waals surface area contributed by atoms with Crippen molar-refractivity contribution in [2.75, 3.05) is 7.11 Å². The van der Waals surface area contributed by atoms with Gasteiger partial charge in [0.05, 0.1) is 24.6 Å². The number of rotatable bonds is 8. The predicted octanol–water partition coefficient (Wildman–Crippen LogP) is 3.49. The van der Waals surface area contributed by atoms with Crippen LogP contribution < -0.4 is 15.6 Å². The van der Waals surface area contributed by atoms with Crippen LogP contribution >= 0.6 is 0 Å². The first-order valence-corrected chi connectivity index (χ1v) is 11.5. The van der Waals surface area contributed by atoms with Crippen molar-refractivity contribution in [3.05, 3.63) is 106 Å². The van der Waals surface area contributed by atoms with Crippen LogP contribution in [0.15, 0.2) is 77.6 Å². The van der Waals surface area contributed by atoms with E-state index in [4.69, 9.17) is 4.74 Å². The summed E-state index contributed by atoms with van der Waals surface area (Å²) in [6.45, 7) is 0.601. The van der Waals surface area contributed by atoms with Gasteiger partial charge in [-0.3, -0.25) is 18.6 Å². The lowest BCUT2D eigenvalue weighted by molar-refractivity contribution is -0.121. The van der Waals surface area contributed by atoms with Gasteiger partial charge in [0.1, 0.15) is 17.4 Å². The minimum atomic E-state index is -0.343. The molecule has 2 heterocycles. The second-order valence-corrected chi connectivity index (χ2v) is 8.41. The second kappa shape index (κ2) is 9.99. The van der Waals surface area contributed by atoms with Crippen LogP contribution in [0.5, 0.6) is 5.75 Å². The number of fused-ring (bicyclic) bond motifs is 3. The van der Waals surface area contributed by atoms with Gasteiger partial charge in [0.25, 0.3) is 5.56 Å². The molecule has 0 atom stereocenters. The Bertz CT molecular complexity index is 1610. The molecule has 0 bridgehead atoms. The largest absolute Gasteiger partial charge is 0.497 e. The van der Waals surface area contributed by atoms with E-state index < -0.39 is 0 Å².